The van der Waals surface area contributed by atoms with E-state index in [1.807, 2.05) is 12.1 Å². The maximum Gasteiger partial charge on any atom is 0.416 e. The lowest BCUT2D eigenvalue weighted by atomic mass is 9.99. The normalized spacial score (nSPS) is 20.4. The third-order valence-electron chi connectivity index (χ3n) is 4.09. The summed E-state index contributed by atoms with van der Waals surface area (Å²) in [4.78, 5) is 0. The Balaban J connectivity index is 0.00000176. The minimum Gasteiger partial charge on any atom is -0.330 e. The van der Waals surface area contributed by atoms with Crippen LogP contribution < -0.4 is 5.73 Å². The quantitative estimate of drug-likeness (QED) is 0.856. The molecule has 1 fully saturated rings. The highest BCUT2D eigenvalue weighted by Gasteiger charge is 2.36. The third-order valence-corrected chi connectivity index (χ3v) is 4.09. The Morgan fingerprint density at radius 2 is 1.68 bits per heavy atom. The molecule has 0 heterocycles. The molecule has 3 rings (SSSR count). The minimum absolute atomic E-state index is 0. The summed E-state index contributed by atoms with van der Waals surface area (Å²) in [6.07, 6.45) is -3.18. The average Bonchev–Trinajstić information content (AvgIpc) is 3.26. The molecule has 0 spiro atoms. The Morgan fingerprint density at radius 1 is 1.00 bits per heavy atom. The Hall–Kier alpha value is -1.52. The smallest absolute Gasteiger partial charge is 0.330 e. The molecule has 2 aromatic rings. The van der Waals surface area contributed by atoms with Crippen LogP contribution in [0.2, 0.25) is 0 Å². The van der Waals surface area contributed by atoms with Gasteiger partial charge in [0.05, 0.1) is 5.56 Å². The zero-order valence-corrected chi connectivity index (χ0v) is 12.6. The molecular formula is C17H17ClF3N. The van der Waals surface area contributed by atoms with Crippen LogP contribution in [-0.4, -0.2) is 6.54 Å². The van der Waals surface area contributed by atoms with Crippen LogP contribution in [0.25, 0.3) is 11.1 Å². The van der Waals surface area contributed by atoms with Crippen LogP contribution in [0, 0.1) is 5.92 Å². The zero-order valence-electron chi connectivity index (χ0n) is 11.8. The number of nitrogens with two attached hydrogens (primary N) is 1. The van der Waals surface area contributed by atoms with Crippen molar-refractivity contribution < 1.29 is 13.2 Å². The highest BCUT2D eigenvalue weighted by atomic mass is 35.5. The Bertz CT molecular complexity index is 637. The van der Waals surface area contributed by atoms with E-state index < -0.39 is 11.7 Å². The molecule has 0 unspecified atom stereocenters. The lowest BCUT2D eigenvalue weighted by molar-refractivity contribution is -0.137. The van der Waals surface area contributed by atoms with Gasteiger partial charge >= 0.3 is 6.18 Å². The van der Waals surface area contributed by atoms with E-state index in [1.165, 1.54) is 17.7 Å². The van der Waals surface area contributed by atoms with Crippen molar-refractivity contribution in [2.75, 3.05) is 6.54 Å². The van der Waals surface area contributed by atoms with Crippen molar-refractivity contribution in [1.29, 1.82) is 0 Å². The molecule has 1 nitrogen and oxygen atoms in total. The summed E-state index contributed by atoms with van der Waals surface area (Å²) in [6.45, 7) is 0.690. The summed E-state index contributed by atoms with van der Waals surface area (Å²) >= 11 is 0. The summed E-state index contributed by atoms with van der Waals surface area (Å²) in [5.74, 6) is 1.05. The number of halogens is 4. The van der Waals surface area contributed by atoms with Crippen LogP contribution in [0.15, 0.2) is 48.5 Å². The van der Waals surface area contributed by atoms with E-state index >= 15 is 0 Å². The standard InChI is InChI=1S/C17H16F3N.ClH/c18-17(19,20)15-6-4-11(5-7-15)12-2-1-3-13(8-12)16-9-14(16)10-21;/h1-8,14,16H,9-10,21H2;1H/t14-,16-;/m0./s1. The maximum absolute atomic E-state index is 12.6. The Labute approximate surface area is 133 Å². The number of hydrogen-bond acceptors (Lipinski definition) is 1. The van der Waals surface area contributed by atoms with Crippen molar-refractivity contribution in [3.63, 3.8) is 0 Å². The van der Waals surface area contributed by atoms with Gasteiger partial charge in [-0.2, -0.15) is 13.2 Å². The molecule has 0 amide bonds. The predicted octanol–water partition coefficient (Wildman–Crippen LogP) is 4.86. The van der Waals surface area contributed by atoms with Crippen LogP contribution in [0.1, 0.15) is 23.5 Å². The first-order valence-electron chi connectivity index (χ1n) is 6.96. The number of rotatable bonds is 3. The van der Waals surface area contributed by atoms with Gasteiger partial charge < -0.3 is 5.73 Å². The van der Waals surface area contributed by atoms with Gasteiger partial charge in [-0.25, -0.2) is 0 Å². The van der Waals surface area contributed by atoms with Gasteiger partial charge in [-0.3, -0.25) is 0 Å². The SMILES string of the molecule is Cl.NC[C@@H]1C[C@H]1c1cccc(-c2ccc(C(F)(F)F)cc2)c1. The second kappa shape index (κ2) is 6.31. The second-order valence-corrected chi connectivity index (χ2v) is 5.54. The average molecular weight is 328 g/mol. The largest absolute Gasteiger partial charge is 0.416 e. The first-order chi connectivity index (χ1) is 9.99. The predicted molar refractivity (Wildman–Crippen MR) is 84.0 cm³/mol. The molecule has 0 bridgehead atoms. The molecule has 2 N–H and O–H groups in total. The van der Waals surface area contributed by atoms with E-state index in [1.54, 1.807) is 0 Å². The molecule has 1 aliphatic carbocycles. The first-order valence-corrected chi connectivity index (χ1v) is 6.96. The van der Waals surface area contributed by atoms with Crippen molar-refractivity contribution >= 4 is 12.4 Å². The van der Waals surface area contributed by atoms with Crippen molar-refractivity contribution in [2.24, 2.45) is 11.7 Å². The lowest BCUT2D eigenvalue weighted by Crippen LogP contribution is -2.04. The van der Waals surface area contributed by atoms with Gasteiger partial charge in [0.1, 0.15) is 0 Å². The van der Waals surface area contributed by atoms with Crippen LogP contribution in [-0.2, 0) is 6.18 Å². The molecule has 0 aliphatic heterocycles. The van der Waals surface area contributed by atoms with Gasteiger partial charge in [-0.1, -0.05) is 36.4 Å². The monoisotopic (exact) mass is 327 g/mol. The Morgan fingerprint density at radius 3 is 2.23 bits per heavy atom. The van der Waals surface area contributed by atoms with Gasteiger partial charge in [0.25, 0.3) is 0 Å². The highest BCUT2D eigenvalue weighted by Crippen LogP contribution is 2.47. The van der Waals surface area contributed by atoms with Gasteiger partial charge in [-0.05, 0) is 53.6 Å². The second-order valence-electron chi connectivity index (χ2n) is 5.54. The molecule has 0 radical (unpaired) electrons. The van der Waals surface area contributed by atoms with Crippen LogP contribution in [0.5, 0.6) is 0 Å². The van der Waals surface area contributed by atoms with E-state index in [0.29, 0.717) is 18.4 Å². The van der Waals surface area contributed by atoms with Crippen molar-refractivity contribution in [3.05, 3.63) is 59.7 Å². The Kier molecular flexibility index (Phi) is 4.83. The van der Waals surface area contributed by atoms with Gasteiger partial charge in [0.2, 0.25) is 0 Å². The van der Waals surface area contributed by atoms with E-state index in [4.69, 9.17) is 5.73 Å². The van der Waals surface area contributed by atoms with E-state index in [2.05, 4.69) is 12.1 Å². The van der Waals surface area contributed by atoms with Crippen LogP contribution in [0.3, 0.4) is 0 Å². The summed E-state index contributed by atoms with van der Waals surface area (Å²) in [6, 6.07) is 13.3. The lowest BCUT2D eigenvalue weighted by Gasteiger charge is -2.09. The topological polar surface area (TPSA) is 26.0 Å². The number of hydrogen-bond donors (Lipinski definition) is 1. The molecule has 0 saturated heterocycles. The summed E-state index contributed by atoms with van der Waals surface area (Å²) in [7, 11) is 0. The van der Waals surface area contributed by atoms with Crippen molar-refractivity contribution in [3.8, 4) is 11.1 Å². The molecule has 5 heteroatoms. The van der Waals surface area contributed by atoms with E-state index in [0.717, 1.165) is 29.7 Å². The fraction of sp³-hybridized carbons (Fsp3) is 0.294. The number of alkyl halides is 3. The summed E-state index contributed by atoms with van der Waals surface area (Å²) in [5.41, 5.74) is 8.02. The van der Waals surface area contributed by atoms with E-state index in [9.17, 15) is 13.2 Å². The summed E-state index contributed by atoms with van der Waals surface area (Å²) < 4.78 is 37.7. The first kappa shape index (κ1) is 16.8. The van der Waals surface area contributed by atoms with E-state index in [-0.39, 0.29) is 12.4 Å². The third kappa shape index (κ3) is 3.45. The maximum atomic E-state index is 12.6. The van der Waals surface area contributed by atoms with Gasteiger partial charge in [0, 0.05) is 0 Å². The molecule has 2 atom stereocenters. The van der Waals surface area contributed by atoms with Crippen molar-refractivity contribution in [1.82, 2.24) is 0 Å². The van der Waals surface area contributed by atoms with Crippen molar-refractivity contribution in [2.45, 2.75) is 18.5 Å². The fourth-order valence-electron chi connectivity index (χ4n) is 2.72. The molecule has 1 aliphatic rings. The fourth-order valence-corrected chi connectivity index (χ4v) is 2.72. The number of benzene rings is 2. The van der Waals surface area contributed by atoms with Crippen LogP contribution in [0.4, 0.5) is 13.2 Å². The zero-order chi connectivity index (χ0) is 15.0. The minimum atomic E-state index is -4.29. The molecule has 0 aromatic heterocycles. The summed E-state index contributed by atoms with van der Waals surface area (Å²) in [5, 5.41) is 0. The molecule has 118 valence electrons. The van der Waals surface area contributed by atoms with Gasteiger partial charge in [0.15, 0.2) is 0 Å². The molecular weight excluding hydrogens is 311 g/mol. The van der Waals surface area contributed by atoms with Gasteiger partial charge in [-0.15, -0.1) is 12.4 Å². The van der Waals surface area contributed by atoms with Crippen LogP contribution >= 0.6 is 12.4 Å². The molecule has 1 saturated carbocycles. The molecule has 2 aromatic carbocycles. The highest BCUT2D eigenvalue weighted by molar-refractivity contribution is 5.85. The molecule has 22 heavy (non-hydrogen) atoms.